The number of rotatable bonds is 4. The summed E-state index contributed by atoms with van der Waals surface area (Å²) in [4.78, 5) is 19.5. The number of nitro groups is 1. The summed E-state index contributed by atoms with van der Waals surface area (Å²) in [5.41, 5.74) is 2.04. The second-order valence-electron chi connectivity index (χ2n) is 6.20. The highest BCUT2D eigenvalue weighted by molar-refractivity contribution is 7.99. The maximum atomic E-state index is 11.5. The number of quaternary nitrogens is 1. The number of nitro benzene ring substituents is 1. The fourth-order valence-corrected chi connectivity index (χ4v) is 4.30. The van der Waals surface area contributed by atoms with E-state index < -0.39 is 0 Å². The Morgan fingerprint density at radius 2 is 1.88 bits per heavy atom. The molecule has 4 rings (SSSR count). The van der Waals surface area contributed by atoms with Gasteiger partial charge in [0.25, 0.3) is 5.69 Å². The highest BCUT2D eigenvalue weighted by atomic mass is 32.2. The average molecular weight is 367 g/mol. The number of nitrogens with zero attached hydrogens (tertiary/aromatic N) is 3. The molecule has 1 aromatic heterocycles. The van der Waals surface area contributed by atoms with Crippen molar-refractivity contribution < 1.29 is 10.2 Å². The van der Waals surface area contributed by atoms with Crippen LogP contribution in [0.2, 0.25) is 0 Å². The molecule has 2 heterocycles. The molecule has 2 N–H and O–H groups in total. The van der Waals surface area contributed by atoms with Crippen molar-refractivity contribution >= 4 is 34.0 Å². The van der Waals surface area contributed by atoms with Crippen LogP contribution >= 0.6 is 11.8 Å². The van der Waals surface area contributed by atoms with Gasteiger partial charge in [0.2, 0.25) is 0 Å². The van der Waals surface area contributed by atoms with Gasteiger partial charge in [-0.1, -0.05) is 30.0 Å². The number of hydrogen-bond acceptors (Lipinski definition) is 5. The number of benzene rings is 2. The maximum Gasteiger partial charge on any atom is 0.283 e. The summed E-state index contributed by atoms with van der Waals surface area (Å²) in [6.45, 7) is 4.01. The van der Waals surface area contributed by atoms with Crippen LogP contribution in [0.3, 0.4) is 0 Å². The van der Waals surface area contributed by atoms with Gasteiger partial charge in [0, 0.05) is 28.2 Å². The molecule has 6 nitrogen and oxygen atoms in total. The minimum absolute atomic E-state index is 0.134. The Labute approximate surface area is 155 Å². The summed E-state index contributed by atoms with van der Waals surface area (Å²) in [5.74, 6) is 0. The van der Waals surface area contributed by atoms with Crippen molar-refractivity contribution in [1.29, 1.82) is 0 Å². The van der Waals surface area contributed by atoms with Crippen molar-refractivity contribution in [3.05, 3.63) is 64.8 Å². The average Bonchev–Trinajstić information content (AvgIpc) is 2.69. The first-order chi connectivity index (χ1) is 12.7. The Morgan fingerprint density at radius 3 is 2.69 bits per heavy atom. The number of aromatic nitrogens is 1. The lowest BCUT2D eigenvalue weighted by Gasteiger charge is -2.27. The van der Waals surface area contributed by atoms with E-state index in [1.165, 1.54) is 11.8 Å². The molecule has 1 saturated heterocycles. The Bertz CT molecular complexity index is 952. The van der Waals surface area contributed by atoms with Gasteiger partial charge < -0.3 is 10.2 Å². The van der Waals surface area contributed by atoms with Crippen LogP contribution in [0.4, 0.5) is 11.4 Å². The quantitative estimate of drug-likeness (QED) is 0.567. The van der Waals surface area contributed by atoms with Gasteiger partial charge in [0.05, 0.1) is 41.5 Å². The third-order valence-electron chi connectivity index (χ3n) is 4.53. The molecule has 0 atom stereocenters. The van der Waals surface area contributed by atoms with E-state index in [0.29, 0.717) is 4.90 Å². The molecule has 1 fully saturated rings. The normalized spacial score (nSPS) is 14.5. The number of para-hydroxylation sites is 1. The Kier molecular flexibility index (Phi) is 4.73. The highest BCUT2D eigenvalue weighted by Gasteiger charge is 2.20. The molecule has 0 saturated carbocycles. The van der Waals surface area contributed by atoms with Crippen LogP contribution in [0.25, 0.3) is 10.9 Å². The largest absolute Gasteiger partial charge is 0.360 e. The SMILES string of the molecule is O=[N+]([O-])c1ccc(N2CC[NH2+]CC2)cc1Sc1cccc2cccnc12. The predicted octanol–water partition coefficient (Wildman–Crippen LogP) is 2.68. The monoisotopic (exact) mass is 367 g/mol. The van der Waals surface area contributed by atoms with Crippen molar-refractivity contribution in [3.63, 3.8) is 0 Å². The van der Waals surface area contributed by atoms with E-state index in [1.54, 1.807) is 12.3 Å². The predicted molar refractivity (Wildman–Crippen MR) is 103 cm³/mol. The minimum Gasteiger partial charge on any atom is -0.360 e. The van der Waals surface area contributed by atoms with Gasteiger partial charge in [-0.05, 0) is 24.3 Å². The standard InChI is InChI=1S/C19H18N4O2S/c24-23(25)16-7-6-15(22-11-9-20-10-12-22)13-18(16)26-17-5-1-3-14-4-2-8-21-19(14)17/h1-8,13,20H,9-12H2/p+1. The van der Waals surface area contributed by atoms with E-state index in [2.05, 4.69) is 15.2 Å². The number of anilines is 1. The van der Waals surface area contributed by atoms with Gasteiger partial charge in [-0.3, -0.25) is 15.1 Å². The molecule has 1 aliphatic heterocycles. The van der Waals surface area contributed by atoms with E-state index in [4.69, 9.17) is 0 Å². The van der Waals surface area contributed by atoms with Crippen molar-refractivity contribution in [3.8, 4) is 0 Å². The molecule has 0 radical (unpaired) electrons. The van der Waals surface area contributed by atoms with Crippen LogP contribution in [0, 0.1) is 10.1 Å². The number of piperazine rings is 1. The van der Waals surface area contributed by atoms with E-state index in [1.807, 2.05) is 42.5 Å². The smallest absolute Gasteiger partial charge is 0.283 e. The molecule has 26 heavy (non-hydrogen) atoms. The highest BCUT2D eigenvalue weighted by Crippen LogP contribution is 2.39. The van der Waals surface area contributed by atoms with Crippen molar-refractivity contribution in [2.75, 3.05) is 31.1 Å². The van der Waals surface area contributed by atoms with Crippen LogP contribution in [0.15, 0.2) is 64.5 Å². The first kappa shape index (κ1) is 16.8. The molecule has 3 aromatic rings. The van der Waals surface area contributed by atoms with Crippen molar-refractivity contribution in [2.45, 2.75) is 9.79 Å². The molecule has 1 aliphatic rings. The summed E-state index contributed by atoms with van der Waals surface area (Å²) in [7, 11) is 0. The fraction of sp³-hybridized carbons (Fsp3) is 0.211. The molecule has 0 amide bonds. The summed E-state index contributed by atoms with van der Waals surface area (Å²) >= 11 is 1.41. The molecule has 7 heteroatoms. The first-order valence-corrected chi connectivity index (χ1v) is 9.41. The zero-order chi connectivity index (χ0) is 17.9. The zero-order valence-electron chi connectivity index (χ0n) is 14.2. The molecule has 0 unspecified atom stereocenters. The molecule has 0 spiro atoms. The van der Waals surface area contributed by atoms with E-state index in [9.17, 15) is 10.1 Å². The van der Waals surface area contributed by atoms with Gasteiger partial charge in [-0.25, -0.2) is 0 Å². The number of pyridine rings is 1. The molecular formula is C19H19N4O2S+. The van der Waals surface area contributed by atoms with E-state index >= 15 is 0 Å². The lowest BCUT2D eigenvalue weighted by atomic mass is 10.2. The van der Waals surface area contributed by atoms with Crippen LogP contribution in [-0.2, 0) is 0 Å². The minimum atomic E-state index is -0.311. The number of fused-ring (bicyclic) bond motifs is 1. The molecule has 2 aromatic carbocycles. The fourth-order valence-electron chi connectivity index (χ4n) is 3.22. The van der Waals surface area contributed by atoms with Crippen LogP contribution < -0.4 is 10.2 Å². The van der Waals surface area contributed by atoms with Gasteiger partial charge in [-0.15, -0.1) is 0 Å². The lowest BCUT2D eigenvalue weighted by molar-refractivity contribution is -0.655. The summed E-state index contributed by atoms with van der Waals surface area (Å²) in [6, 6.07) is 15.2. The van der Waals surface area contributed by atoms with Gasteiger partial charge in [0.15, 0.2) is 0 Å². The second-order valence-corrected chi connectivity index (χ2v) is 7.28. The Balaban J connectivity index is 1.74. The van der Waals surface area contributed by atoms with Gasteiger partial charge >= 0.3 is 0 Å². The third-order valence-corrected chi connectivity index (χ3v) is 5.62. The van der Waals surface area contributed by atoms with Crippen molar-refractivity contribution in [2.24, 2.45) is 0 Å². The van der Waals surface area contributed by atoms with E-state index in [-0.39, 0.29) is 10.6 Å². The summed E-state index contributed by atoms with van der Waals surface area (Å²) in [6.07, 6.45) is 1.75. The third kappa shape index (κ3) is 3.36. The van der Waals surface area contributed by atoms with Crippen LogP contribution in [0.1, 0.15) is 0 Å². The topological polar surface area (TPSA) is 75.9 Å². The zero-order valence-corrected chi connectivity index (χ0v) is 15.0. The van der Waals surface area contributed by atoms with E-state index in [0.717, 1.165) is 47.7 Å². The van der Waals surface area contributed by atoms with Crippen LogP contribution in [-0.4, -0.2) is 36.1 Å². The Morgan fingerprint density at radius 1 is 1.08 bits per heavy atom. The number of hydrogen-bond donors (Lipinski definition) is 1. The molecular weight excluding hydrogens is 348 g/mol. The lowest BCUT2D eigenvalue weighted by Crippen LogP contribution is -2.89. The van der Waals surface area contributed by atoms with Crippen LogP contribution in [0.5, 0.6) is 0 Å². The molecule has 132 valence electrons. The Hall–Kier alpha value is -2.64. The molecule has 0 aliphatic carbocycles. The summed E-state index contributed by atoms with van der Waals surface area (Å²) in [5, 5.41) is 14.8. The van der Waals surface area contributed by atoms with Crippen molar-refractivity contribution in [1.82, 2.24) is 4.98 Å². The molecule has 0 bridgehead atoms. The summed E-state index contributed by atoms with van der Waals surface area (Å²) < 4.78 is 0. The number of nitrogens with two attached hydrogens (primary N) is 1. The van der Waals surface area contributed by atoms with Gasteiger partial charge in [-0.2, -0.15) is 0 Å². The maximum absolute atomic E-state index is 11.5. The van der Waals surface area contributed by atoms with Gasteiger partial charge in [0.1, 0.15) is 0 Å². The first-order valence-electron chi connectivity index (χ1n) is 8.59. The second kappa shape index (κ2) is 7.31.